The average molecular weight is 186 g/mol. The second-order valence-electron chi connectivity index (χ2n) is 5.01. The lowest BCUT2D eigenvalue weighted by molar-refractivity contribution is -0.0280. The van der Waals surface area contributed by atoms with E-state index in [-0.39, 0.29) is 12.0 Å². The van der Waals surface area contributed by atoms with Gasteiger partial charge >= 0.3 is 0 Å². The number of aliphatic hydroxyl groups is 1. The summed E-state index contributed by atoms with van der Waals surface area (Å²) in [5.74, 6) is 0.656. The summed E-state index contributed by atoms with van der Waals surface area (Å²) in [6.45, 7) is 8.99. The summed E-state index contributed by atoms with van der Waals surface area (Å²) >= 11 is 0. The third-order valence-corrected chi connectivity index (χ3v) is 3.39. The Labute approximate surface area is 81.3 Å². The minimum Gasteiger partial charge on any atom is -0.396 e. The van der Waals surface area contributed by atoms with Gasteiger partial charge in [-0.15, -0.1) is 0 Å². The monoisotopic (exact) mass is 186 g/mol. The van der Waals surface area contributed by atoms with Crippen molar-refractivity contribution in [1.29, 1.82) is 0 Å². The first kappa shape index (κ1) is 11.0. The van der Waals surface area contributed by atoms with E-state index in [1.807, 2.05) is 0 Å². The van der Waals surface area contributed by atoms with E-state index in [4.69, 9.17) is 9.84 Å². The van der Waals surface area contributed by atoms with Crippen LogP contribution in [0, 0.1) is 11.3 Å². The fraction of sp³-hybridized carbons (Fsp3) is 1.00. The van der Waals surface area contributed by atoms with Crippen LogP contribution in [0.3, 0.4) is 0 Å². The number of aliphatic hydroxyl groups excluding tert-OH is 1. The van der Waals surface area contributed by atoms with E-state index in [1.54, 1.807) is 0 Å². The van der Waals surface area contributed by atoms with Gasteiger partial charge in [0.05, 0.1) is 12.2 Å². The van der Waals surface area contributed by atoms with Gasteiger partial charge in [0.15, 0.2) is 0 Å². The molecule has 0 bridgehead atoms. The van der Waals surface area contributed by atoms with Gasteiger partial charge in [-0.1, -0.05) is 20.8 Å². The van der Waals surface area contributed by atoms with Crippen molar-refractivity contribution in [2.75, 3.05) is 6.61 Å². The Bertz CT molecular complexity index is 155. The first-order chi connectivity index (χ1) is 5.97. The van der Waals surface area contributed by atoms with Crippen LogP contribution in [-0.2, 0) is 4.74 Å². The summed E-state index contributed by atoms with van der Waals surface area (Å²) in [7, 11) is 0. The van der Waals surface area contributed by atoms with Crippen LogP contribution < -0.4 is 0 Å². The molecule has 78 valence electrons. The first-order valence-corrected chi connectivity index (χ1v) is 5.23. The number of rotatable bonds is 3. The van der Waals surface area contributed by atoms with Gasteiger partial charge in [0.25, 0.3) is 0 Å². The second kappa shape index (κ2) is 3.97. The molecule has 0 aromatic rings. The van der Waals surface area contributed by atoms with Gasteiger partial charge in [0.1, 0.15) is 0 Å². The van der Waals surface area contributed by atoms with E-state index in [9.17, 15) is 0 Å². The maximum atomic E-state index is 8.94. The van der Waals surface area contributed by atoms with Gasteiger partial charge in [-0.3, -0.25) is 0 Å². The quantitative estimate of drug-likeness (QED) is 0.732. The van der Waals surface area contributed by atoms with Gasteiger partial charge in [0, 0.05) is 6.61 Å². The van der Waals surface area contributed by atoms with Crippen molar-refractivity contribution in [2.45, 2.75) is 52.7 Å². The molecule has 0 aromatic heterocycles. The zero-order valence-corrected chi connectivity index (χ0v) is 9.21. The standard InChI is InChI=1S/C11H22O2/c1-8-7-10(13-9(8)2)11(3,4)5-6-12/h8-10,12H,5-7H2,1-4H3. The van der Waals surface area contributed by atoms with Gasteiger partial charge in [-0.05, 0) is 31.1 Å². The Morgan fingerprint density at radius 2 is 2.00 bits per heavy atom. The highest BCUT2D eigenvalue weighted by Crippen LogP contribution is 2.38. The number of ether oxygens (including phenoxy) is 1. The maximum Gasteiger partial charge on any atom is 0.0634 e. The molecule has 1 saturated heterocycles. The van der Waals surface area contributed by atoms with E-state index < -0.39 is 0 Å². The normalized spacial score (nSPS) is 35.3. The summed E-state index contributed by atoms with van der Waals surface area (Å²) in [4.78, 5) is 0. The third kappa shape index (κ3) is 2.44. The minimum atomic E-state index is 0.119. The minimum absolute atomic E-state index is 0.119. The Morgan fingerprint density at radius 1 is 1.38 bits per heavy atom. The predicted octanol–water partition coefficient (Wildman–Crippen LogP) is 2.21. The van der Waals surface area contributed by atoms with Crippen LogP contribution in [-0.4, -0.2) is 23.9 Å². The molecule has 1 aliphatic rings. The van der Waals surface area contributed by atoms with Crippen LogP contribution in [0.15, 0.2) is 0 Å². The van der Waals surface area contributed by atoms with Crippen LogP contribution >= 0.6 is 0 Å². The van der Waals surface area contributed by atoms with E-state index >= 15 is 0 Å². The fourth-order valence-corrected chi connectivity index (χ4v) is 1.93. The summed E-state index contributed by atoms with van der Waals surface area (Å²) < 4.78 is 5.88. The summed E-state index contributed by atoms with van der Waals surface area (Å²) in [6, 6.07) is 0. The maximum absolute atomic E-state index is 8.94. The Kier molecular flexibility index (Phi) is 3.36. The molecule has 2 nitrogen and oxygen atoms in total. The molecule has 1 rings (SSSR count). The summed E-state index contributed by atoms with van der Waals surface area (Å²) in [5, 5.41) is 8.94. The van der Waals surface area contributed by atoms with Crippen molar-refractivity contribution in [1.82, 2.24) is 0 Å². The molecule has 0 spiro atoms. The van der Waals surface area contributed by atoms with Crippen molar-refractivity contribution in [3.05, 3.63) is 0 Å². The van der Waals surface area contributed by atoms with Crippen molar-refractivity contribution in [2.24, 2.45) is 11.3 Å². The largest absolute Gasteiger partial charge is 0.396 e. The van der Waals surface area contributed by atoms with E-state index in [1.165, 1.54) is 0 Å². The zero-order chi connectivity index (χ0) is 10.1. The Balaban J connectivity index is 2.53. The van der Waals surface area contributed by atoms with Crippen molar-refractivity contribution >= 4 is 0 Å². The molecule has 1 fully saturated rings. The molecule has 0 aliphatic carbocycles. The lowest BCUT2D eigenvalue weighted by Crippen LogP contribution is -2.30. The lowest BCUT2D eigenvalue weighted by atomic mass is 9.81. The van der Waals surface area contributed by atoms with Crippen LogP contribution in [0.2, 0.25) is 0 Å². The molecule has 0 saturated carbocycles. The highest BCUT2D eigenvalue weighted by Gasteiger charge is 2.38. The summed E-state index contributed by atoms with van der Waals surface area (Å²) in [6.07, 6.45) is 2.67. The molecule has 0 aromatic carbocycles. The molecule has 0 radical (unpaired) electrons. The highest BCUT2D eigenvalue weighted by molar-refractivity contribution is 4.87. The Morgan fingerprint density at radius 3 is 2.38 bits per heavy atom. The molecule has 1 N–H and O–H groups in total. The van der Waals surface area contributed by atoms with Crippen LogP contribution in [0.25, 0.3) is 0 Å². The molecule has 3 unspecified atom stereocenters. The fourth-order valence-electron chi connectivity index (χ4n) is 1.93. The van der Waals surface area contributed by atoms with Gasteiger partial charge < -0.3 is 9.84 Å². The highest BCUT2D eigenvalue weighted by atomic mass is 16.5. The van der Waals surface area contributed by atoms with Crippen molar-refractivity contribution in [3.63, 3.8) is 0 Å². The molecular weight excluding hydrogens is 164 g/mol. The van der Waals surface area contributed by atoms with Gasteiger partial charge in [-0.2, -0.15) is 0 Å². The molecule has 3 atom stereocenters. The van der Waals surface area contributed by atoms with E-state index in [2.05, 4.69) is 27.7 Å². The third-order valence-electron chi connectivity index (χ3n) is 3.39. The number of hydrogen-bond acceptors (Lipinski definition) is 2. The van der Waals surface area contributed by atoms with E-state index in [0.717, 1.165) is 12.8 Å². The molecular formula is C11H22O2. The van der Waals surface area contributed by atoms with Gasteiger partial charge in [0.2, 0.25) is 0 Å². The average Bonchev–Trinajstić information content (AvgIpc) is 2.33. The van der Waals surface area contributed by atoms with Crippen LogP contribution in [0.1, 0.15) is 40.5 Å². The topological polar surface area (TPSA) is 29.5 Å². The molecule has 1 heterocycles. The van der Waals surface area contributed by atoms with Crippen LogP contribution in [0.5, 0.6) is 0 Å². The summed E-state index contributed by atoms with van der Waals surface area (Å²) in [5.41, 5.74) is 0.119. The smallest absolute Gasteiger partial charge is 0.0634 e. The molecule has 2 heteroatoms. The Hall–Kier alpha value is -0.0800. The molecule has 13 heavy (non-hydrogen) atoms. The predicted molar refractivity (Wildman–Crippen MR) is 53.6 cm³/mol. The number of hydrogen-bond donors (Lipinski definition) is 1. The van der Waals surface area contributed by atoms with Crippen molar-refractivity contribution in [3.8, 4) is 0 Å². The molecule has 0 amide bonds. The molecule has 1 aliphatic heterocycles. The first-order valence-electron chi connectivity index (χ1n) is 5.23. The zero-order valence-electron chi connectivity index (χ0n) is 9.21. The van der Waals surface area contributed by atoms with Crippen molar-refractivity contribution < 1.29 is 9.84 Å². The van der Waals surface area contributed by atoms with E-state index in [0.29, 0.717) is 18.1 Å². The van der Waals surface area contributed by atoms with Gasteiger partial charge in [-0.25, -0.2) is 0 Å². The SMILES string of the molecule is CC1CC(C(C)(C)CCO)OC1C. The second-order valence-corrected chi connectivity index (χ2v) is 5.01. The lowest BCUT2D eigenvalue weighted by Gasteiger charge is -2.30. The van der Waals surface area contributed by atoms with Crippen LogP contribution in [0.4, 0.5) is 0 Å².